The highest BCUT2D eigenvalue weighted by Crippen LogP contribution is 2.28. The average molecular weight is 363 g/mol. The molecule has 4 rings (SSSR count). The Morgan fingerprint density at radius 2 is 1.69 bits per heavy atom. The highest BCUT2D eigenvalue weighted by Gasteiger charge is 2.26. The Hall–Kier alpha value is -2.40. The van der Waals surface area contributed by atoms with E-state index in [9.17, 15) is 4.79 Å². The topological polar surface area (TPSA) is 46.1 Å². The molecule has 3 aromatic rings. The lowest BCUT2D eigenvalue weighted by molar-refractivity contribution is -0.131. The third-order valence-corrected chi connectivity index (χ3v) is 5.95. The van der Waals surface area contributed by atoms with Gasteiger partial charge in [0.05, 0.1) is 22.0 Å². The molecule has 1 atom stereocenters. The van der Waals surface area contributed by atoms with E-state index in [0.717, 1.165) is 34.7 Å². The van der Waals surface area contributed by atoms with Crippen molar-refractivity contribution in [2.45, 2.75) is 37.1 Å². The third kappa shape index (κ3) is 3.31. The van der Waals surface area contributed by atoms with Gasteiger partial charge in [0, 0.05) is 13.1 Å². The molecule has 1 aromatic heterocycles. The Kier molecular flexibility index (Phi) is 4.64. The van der Waals surface area contributed by atoms with Gasteiger partial charge in [-0.25, -0.2) is 9.97 Å². The number of hydrogen-bond donors (Lipinski definition) is 0. The number of rotatable bonds is 3. The van der Waals surface area contributed by atoms with Crippen LogP contribution in [0.4, 0.5) is 0 Å². The van der Waals surface area contributed by atoms with E-state index in [-0.39, 0.29) is 11.2 Å². The summed E-state index contributed by atoms with van der Waals surface area (Å²) >= 11 is 1.50. The molecule has 0 unspecified atom stereocenters. The van der Waals surface area contributed by atoms with Gasteiger partial charge in [-0.05, 0) is 43.5 Å². The van der Waals surface area contributed by atoms with Crippen LogP contribution in [0.1, 0.15) is 23.7 Å². The average Bonchev–Trinajstić information content (AvgIpc) is 2.67. The summed E-state index contributed by atoms with van der Waals surface area (Å²) in [5, 5.41) is 0.649. The van der Waals surface area contributed by atoms with E-state index in [1.54, 1.807) is 0 Å². The smallest absolute Gasteiger partial charge is 0.236 e. The van der Waals surface area contributed by atoms with E-state index < -0.39 is 0 Å². The Bertz CT molecular complexity index is 972. The third-order valence-electron chi connectivity index (χ3n) is 4.78. The first-order chi connectivity index (χ1) is 12.6. The van der Waals surface area contributed by atoms with E-state index in [1.807, 2.05) is 49.1 Å². The molecular formula is C21H21N3OS. The lowest BCUT2D eigenvalue weighted by Gasteiger charge is -2.30. The summed E-state index contributed by atoms with van der Waals surface area (Å²) in [6.07, 6.45) is 0.925. The normalized spacial score (nSPS) is 14.9. The van der Waals surface area contributed by atoms with Crippen LogP contribution in [0, 0.1) is 6.92 Å². The lowest BCUT2D eigenvalue weighted by atomic mass is 10.00. The van der Waals surface area contributed by atoms with Crippen LogP contribution in [-0.4, -0.2) is 32.6 Å². The van der Waals surface area contributed by atoms with Crippen LogP contribution in [0.3, 0.4) is 0 Å². The number of aryl methyl sites for hydroxylation is 1. The van der Waals surface area contributed by atoms with Gasteiger partial charge >= 0.3 is 0 Å². The van der Waals surface area contributed by atoms with E-state index in [2.05, 4.69) is 23.2 Å². The molecule has 26 heavy (non-hydrogen) atoms. The van der Waals surface area contributed by atoms with Gasteiger partial charge in [-0.1, -0.05) is 48.2 Å². The number of carbonyl (C=O) groups is 1. The van der Waals surface area contributed by atoms with Crippen LogP contribution >= 0.6 is 11.8 Å². The summed E-state index contributed by atoms with van der Waals surface area (Å²) in [4.78, 5) is 24.2. The molecule has 1 aliphatic heterocycles. The van der Waals surface area contributed by atoms with Crippen LogP contribution in [0.5, 0.6) is 0 Å². The molecule has 0 N–H and O–H groups in total. The maximum atomic E-state index is 12.9. The zero-order valence-electron chi connectivity index (χ0n) is 15.0. The number of aromatic nitrogens is 2. The lowest BCUT2D eigenvalue weighted by Crippen LogP contribution is -2.40. The first-order valence-electron chi connectivity index (χ1n) is 8.87. The number of para-hydroxylation sites is 2. The standard InChI is InChI=1S/C21H21N3OS/c1-14-20(23-19-10-6-5-9-18(19)22-14)26-15(2)21(25)24-12-11-16-7-3-4-8-17(16)13-24/h3-10,15H,11-13H2,1-2H3/t15-/m0/s1. The van der Waals surface area contributed by atoms with Gasteiger partial charge in [-0.3, -0.25) is 4.79 Å². The van der Waals surface area contributed by atoms with Crippen LogP contribution in [0.15, 0.2) is 53.6 Å². The van der Waals surface area contributed by atoms with Crippen molar-refractivity contribution >= 4 is 28.7 Å². The zero-order chi connectivity index (χ0) is 18.1. The van der Waals surface area contributed by atoms with Gasteiger partial charge in [0.2, 0.25) is 5.91 Å². The highest BCUT2D eigenvalue weighted by molar-refractivity contribution is 8.00. The summed E-state index contributed by atoms with van der Waals surface area (Å²) in [6.45, 7) is 5.39. The molecule has 0 saturated carbocycles. The van der Waals surface area contributed by atoms with Gasteiger partial charge < -0.3 is 4.90 Å². The minimum atomic E-state index is -0.186. The van der Waals surface area contributed by atoms with Crippen molar-refractivity contribution in [3.8, 4) is 0 Å². The quantitative estimate of drug-likeness (QED) is 0.660. The van der Waals surface area contributed by atoms with Crippen molar-refractivity contribution < 1.29 is 4.79 Å². The second kappa shape index (κ2) is 7.08. The molecule has 1 aliphatic rings. The van der Waals surface area contributed by atoms with E-state index in [4.69, 9.17) is 4.98 Å². The number of thioether (sulfide) groups is 1. The molecule has 0 saturated heterocycles. The summed E-state index contributed by atoms with van der Waals surface area (Å²) in [6, 6.07) is 16.2. The molecule has 1 amide bonds. The maximum Gasteiger partial charge on any atom is 0.236 e. The zero-order valence-corrected chi connectivity index (χ0v) is 15.8. The van der Waals surface area contributed by atoms with Crippen molar-refractivity contribution in [2.75, 3.05) is 6.54 Å². The fourth-order valence-electron chi connectivity index (χ4n) is 3.34. The number of fused-ring (bicyclic) bond motifs is 2. The molecule has 0 radical (unpaired) electrons. The van der Waals surface area contributed by atoms with Crippen LogP contribution in [0.25, 0.3) is 11.0 Å². The van der Waals surface area contributed by atoms with Gasteiger partial charge in [-0.2, -0.15) is 0 Å². The second-order valence-corrected chi connectivity index (χ2v) is 7.97. The molecule has 4 nitrogen and oxygen atoms in total. The molecule has 0 aliphatic carbocycles. The monoisotopic (exact) mass is 363 g/mol. The predicted octanol–water partition coefficient (Wildman–Crippen LogP) is 4.00. The number of benzene rings is 2. The van der Waals surface area contributed by atoms with Gasteiger partial charge in [0.25, 0.3) is 0 Å². The van der Waals surface area contributed by atoms with Crippen molar-refractivity contribution in [1.82, 2.24) is 14.9 Å². The Morgan fingerprint density at radius 1 is 1.04 bits per heavy atom. The largest absolute Gasteiger partial charge is 0.337 e. The van der Waals surface area contributed by atoms with Gasteiger partial charge in [0.15, 0.2) is 0 Å². The molecular weight excluding hydrogens is 342 g/mol. The van der Waals surface area contributed by atoms with Crippen molar-refractivity contribution in [1.29, 1.82) is 0 Å². The Balaban J connectivity index is 1.51. The number of hydrogen-bond acceptors (Lipinski definition) is 4. The molecule has 2 aromatic carbocycles. The Labute approximate surface area is 157 Å². The fraction of sp³-hybridized carbons (Fsp3) is 0.286. The van der Waals surface area contributed by atoms with Crippen LogP contribution < -0.4 is 0 Å². The van der Waals surface area contributed by atoms with Crippen LogP contribution in [-0.2, 0) is 17.8 Å². The van der Waals surface area contributed by atoms with E-state index >= 15 is 0 Å². The van der Waals surface area contributed by atoms with Crippen molar-refractivity contribution in [2.24, 2.45) is 0 Å². The predicted molar refractivity (Wildman–Crippen MR) is 105 cm³/mol. The van der Waals surface area contributed by atoms with Gasteiger partial charge in [-0.15, -0.1) is 0 Å². The molecule has 0 bridgehead atoms. The first-order valence-corrected chi connectivity index (χ1v) is 9.75. The maximum absolute atomic E-state index is 12.9. The van der Waals surface area contributed by atoms with E-state index in [0.29, 0.717) is 6.54 Å². The van der Waals surface area contributed by atoms with E-state index in [1.165, 1.54) is 22.9 Å². The molecule has 5 heteroatoms. The number of nitrogens with zero attached hydrogens (tertiary/aromatic N) is 3. The summed E-state index contributed by atoms with van der Waals surface area (Å²) in [5.41, 5.74) is 5.24. The number of amides is 1. The van der Waals surface area contributed by atoms with Crippen LogP contribution in [0.2, 0.25) is 0 Å². The Morgan fingerprint density at radius 3 is 2.46 bits per heavy atom. The summed E-state index contributed by atoms with van der Waals surface area (Å²) in [7, 11) is 0. The highest BCUT2D eigenvalue weighted by atomic mass is 32.2. The first kappa shape index (κ1) is 17.0. The fourth-order valence-corrected chi connectivity index (χ4v) is 4.29. The number of carbonyl (C=O) groups excluding carboxylic acids is 1. The second-order valence-electron chi connectivity index (χ2n) is 6.64. The molecule has 0 fully saturated rings. The molecule has 132 valence electrons. The SMILES string of the molecule is Cc1nc2ccccc2nc1S[C@@H](C)C(=O)N1CCc2ccccc2C1. The van der Waals surface area contributed by atoms with Gasteiger partial charge in [0.1, 0.15) is 5.03 Å². The van der Waals surface area contributed by atoms with Crippen molar-refractivity contribution in [3.05, 3.63) is 65.4 Å². The summed E-state index contributed by atoms with van der Waals surface area (Å²) in [5.74, 6) is 0.166. The molecule has 0 spiro atoms. The minimum Gasteiger partial charge on any atom is -0.337 e. The minimum absolute atomic E-state index is 0.166. The van der Waals surface area contributed by atoms with Crippen molar-refractivity contribution in [3.63, 3.8) is 0 Å². The summed E-state index contributed by atoms with van der Waals surface area (Å²) < 4.78 is 0. The molecule has 2 heterocycles.